The number of fused-ring (bicyclic) bond motifs is 6. The summed E-state index contributed by atoms with van der Waals surface area (Å²) >= 11 is 0. The number of rotatable bonds is 4. The first-order valence-corrected chi connectivity index (χ1v) is 15.3. The molecule has 2 heterocycles. The summed E-state index contributed by atoms with van der Waals surface area (Å²) in [6.07, 6.45) is 0. The van der Waals surface area contributed by atoms with E-state index in [1.165, 1.54) is 0 Å². The summed E-state index contributed by atoms with van der Waals surface area (Å²) in [5.74, 6) is 0. The lowest BCUT2D eigenvalue weighted by Crippen LogP contribution is -1.93. The highest BCUT2D eigenvalue weighted by molar-refractivity contribution is 6.09. The molecule has 0 unspecified atom stereocenters. The molecule has 0 saturated heterocycles. The highest BCUT2D eigenvalue weighted by atomic mass is 16.3. The third-order valence-corrected chi connectivity index (χ3v) is 8.92. The molecule has 0 amide bonds. The van der Waals surface area contributed by atoms with Gasteiger partial charge in [0.2, 0.25) is 0 Å². The molecule has 3 nitrogen and oxygen atoms in total. The van der Waals surface area contributed by atoms with E-state index in [2.05, 4.69) is 103 Å². The van der Waals surface area contributed by atoms with E-state index in [1.54, 1.807) is 0 Å². The smallest absolute Gasteiger partial charge is 0.135 e. The molecule has 0 N–H and O–H groups in total. The van der Waals surface area contributed by atoms with Crippen LogP contribution in [-0.4, -0.2) is 0 Å². The zero-order valence-corrected chi connectivity index (χ0v) is 24.7. The van der Waals surface area contributed by atoms with Crippen LogP contribution in [0, 0.1) is 11.3 Å². The molecule has 7 aromatic carbocycles. The van der Waals surface area contributed by atoms with Crippen molar-refractivity contribution in [1.29, 1.82) is 5.26 Å². The summed E-state index contributed by atoms with van der Waals surface area (Å²) in [5.41, 5.74) is 12.8. The molecular formula is C43H25NO2. The van der Waals surface area contributed by atoms with Gasteiger partial charge in [-0.15, -0.1) is 0 Å². The molecule has 0 spiro atoms. The molecule has 46 heavy (non-hydrogen) atoms. The number of hydrogen-bond donors (Lipinski definition) is 0. The standard InChI is InChI=1S/C43H25NO2/c44-26-27-9-8-12-29(21-27)35-25-36(30-17-19-42-38(22-30)32-13-4-6-15-40(32)45-42)34(28-10-2-1-3-11-28)24-37(35)31-18-20-43-39(23-31)33-14-5-7-16-41(33)46-43/h1-25H. The highest BCUT2D eigenvalue weighted by Crippen LogP contribution is 2.44. The van der Waals surface area contributed by atoms with Gasteiger partial charge in [-0.05, 0) is 105 Å². The van der Waals surface area contributed by atoms with E-state index in [1.807, 2.05) is 54.6 Å². The predicted octanol–water partition coefficient (Wildman–Crippen LogP) is 12.0. The lowest BCUT2D eigenvalue weighted by molar-refractivity contribution is 0.668. The zero-order chi connectivity index (χ0) is 30.6. The number of para-hydroxylation sites is 2. The van der Waals surface area contributed by atoms with Crippen molar-refractivity contribution in [3.8, 4) is 50.6 Å². The largest absolute Gasteiger partial charge is 0.456 e. The predicted molar refractivity (Wildman–Crippen MR) is 187 cm³/mol. The van der Waals surface area contributed by atoms with Crippen molar-refractivity contribution in [3.05, 3.63) is 157 Å². The van der Waals surface area contributed by atoms with Crippen LogP contribution in [0.25, 0.3) is 88.4 Å². The fourth-order valence-corrected chi connectivity index (χ4v) is 6.72. The van der Waals surface area contributed by atoms with Crippen LogP contribution in [0.2, 0.25) is 0 Å². The summed E-state index contributed by atoms with van der Waals surface area (Å²) in [7, 11) is 0. The van der Waals surface area contributed by atoms with E-state index in [9.17, 15) is 5.26 Å². The quantitative estimate of drug-likeness (QED) is 0.206. The minimum Gasteiger partial charge on any atom is -0.456 e. The van der Waals surface area contributed by atoms with Gasteiger partial charge in [0.25, 0.3) is 0 Å². The Morgan fingerprint density at radius 2 is 0.804 bits per heavy atom. The third kappa shape index (κ3) is 4.20. The number of hydrogen-bond acceptors (Lipinski definition) is 3. The third-order valence-electron chi connectivity index (χ3n) is 8.92. The molecule has 2 aromatic heterocycles. The first-order valence-electron chi connectivity index (χ1n) is 15.3. The summed E-state index contributed by atoms with van der Waals surface area (Å²) in [6.45, 7) is 0. The topological polar surface area (TPSA) is 50.1 Å². The van der Waals surface area contributed by atoms with Crippen LogP contribution in [0.1, 0.15) is 5.56 Å². The van der Waals surface area contributed by atoms with Gasteiger partial charge in [-0.2, -0.15) is 5.26 Å². The summed E-state index contributed by atoms with van der Waals surface area (Å²) in [6, 6.07) is 54.6. The van der Waals surface area contributed by atoms with Crippen LogP contribution in [0.4, 0.5) is 0 Å². The van der Waals surface area contributed by atoms with Crippen molar-refractivity contribution in [2.75, 3.05) is 0 Å². The number of benzene rings is 7. The first kappa shape index (κ1) is 26.1. The van der Waals surface area contributed by atoms with Crippen LogP contribution in [-0.2, 0) is 0 Å². The average Bonchev–Trinajstić information content (AvgIpc) is 3.69. The molecule has 3 heteroatoms. The minimum atomic E-state index is 0.625. The van der Waals surface area contributed by atoms with Gasteiger partial charge in [-0.25, -0.2) is 0 Å². The van der Waals surface area contributed by atoms with Gasteiger partial charge >= 0.3 is 0 Å². The molecule has 0 bridgehead atoms. The molecule has 0 atom stereocenters. The van der Waals surface area contributed by atoms with Gasteiger partial charge in [-0.3, -0.25) is 0 Å². The van der Waals surface area contributed by atoms with Gasteiger partial charge in [-0.1, -0.05) is 91.0 Å². The fraction of sp³-hybridized carbons (Fsp3) is 0. The van der Waals surface area contributed by atoms with Crippen molar-refractivity contribution in [3.63, 3.8) is 0 Å². The SMILES string of the molecule is N#Cc1cccc(-c2cc(-c3ccc4oc5ccccc5c4c3)c(-c3ccccc3)cc2-c2ccc3oc4ccccc4c3c2)c1. The molecule has 0 saturated carbocycles. The zero-order valence-electron chi connectivity index (χ0n) is 24.7. The second kappa shape index (κ2) is 10.4. The second-order valence-corrected chi connectivity index (χ2v) is 11.6. The molecule has 214 valence electrons. The van der Waals surface area contributed by atoms with Gasteiger partial charge in [0.05, 0.1) is 11.6 Å². The molecular weight excluding hydrogens is 562 g/mol. The van der Waals surface area contributed by atoms with Crippen LogP contribution in [0.5, 0.6) is 0 Å². The van der Waals surface area contributed by atoms with Crippen molar-refractivity contribution < 1.29 is 8.83 Å². The highest BCUT2D eigenvalue weighted by Gasteiger charge is 2.19. The Morgan fingerprint density at radius 1 is 0.348 bits per heavy atom. The molecule has 9 rings (SSSR count). The Balaban J connectivity index is 1.36. The van der Waals surface area contributed by atoms with Crippen LogP contribution in [0.15, 0.2) is 160 Å². The van der Waals surface area contributed by atoms with E-state index in [-0.39, 0.29) is 0 Å². The second-order valence-electron chi connectivity index (χ2n) is 11.6. The Bertz CT molecular complexity index is 2650. The van der Waals surface area contributed by atoms with E-state index in [0.29, 0.717) is 5.56 Å². The van der Waals surface area contributed by atoms with Gasteiger partial charge in [0.15, 0.2) is 0 Å². The maximum absolute atomic E-state index is 9.81. The van der Waals surface area contributed by atoms with E-state index >= 15 is 0 Å². The maximum atomic E-state index is 9.81. The van der Waals surface area contributed by atoms with Crippen molar-refractivity contribution in [1.82, 2.24) is 0 Å². The summed E-state index contributed by atoms with van der Waals surface area (Å²) in [4.78, 5) is 0. The Morgan fingerprint density at radius 3 is 1.37 bits per heavy atom. The van der Waals surface area contributed by atoms with Crippen molar-refractivity contribution >= 4 is 43.9 Å². The number of nitrogens with zero attached hydrogens (tertiary/aromatic N) is 1. The lowest BCUT2D eigenvalue weighted by atomic mass is 9.85. The normalized spacial score (nSPS) is 11.5. The van der Waals surface area contributed by atoms with Crippen LogP contribution < -0.4 is 0 Å². The van der Waals surface area contributed by atoms with Gasteiger partial charge in [0.1, 0.15) is 22.3 Å². The number of nitriles is 1. The van der Waals surface area contributed by atoms with Crippen LogP contribution >= 0.6 is 0 Å². The maximum Gasteiger partial charge on any atom is 0.135 e. The average molecular weight is 588 g/mol. The summed E-state index contributed by atoms with van der Waals surface area (Å²) in [5, 5.41) is 14.2. The molecule has 0 aliphatic carbocycles. The van der Waals surface area contributed by atoms with E-state index < -0.39 is 0 Å². The van der Waals surface area contributed by atoms with Gasteiger partial charge < -0.3 is 8.83 Å². The van der Waals surface area contributed by atoms with Crippen LogP contribution in [0.3, 0.4) is 0 Å². The van der Waals surface area contributed by atoms with Crippen molar-refractivity contribution in [2.45, 2.75) is 0 Å². The molecule has 0 radical (unpaired) electrons. The summed E-state index contributed by atoms with van der Waals surface area (Å²) < 4.78 is 12.3. The molecule has 9 aromatic rings. The first-order chi connectivity index (χ1) is 22.7. The minimum absolute atomic E-state index is 0.625. The Kier molecular flexibility index (Phi) is 5.88. The molecule has 0 aliphatic heterocycles. The van der Waals surface area contributed by atoms with Crippen molar-refractivity contribution in [2.24, 2.45) is 0 Å². The fourth-order valence-electron chi connectivity index (χ4n) is 6.72. The monoisotopic (exact) mass is 587 g/mol. The lowest BCUT2D eigenvalue weighted by Gasteiger charge is -2.18. The van der Waals surface area contributed by atoms with Gasteiger partial charge in [0, 0.05) is 21.5 Å². The Labute approximate surface area is 265 Å². The van der Waals surface area contributed by atoms with E-state index in [4.69, 9.17) is 8.83 Å². The van der Waals surface area contributed by atoms with E-state index in [0.717, 1.165) is 88.4 Å². The molecule has 0 fully saturated rings. The number of furan rings is 2. The molecule has 0 aliphatic rings. The Hall–Kier alpha value is -6.37.